The SMILES string of the molecule is Cc1ccc(-c2ccnc(CNC3CC3)n2)c(C)c1C. The topological polar surface area (TPSA) is 37.8 Å². The minimum Gasteiger partial charge on any atom is -0.307 e. The van der Waals surface area contributed by atoms with Gasteiger partial charge in [-0.2, -0.15) is 0 Å². The van der Waals surface area contributed by atoms with E-state index in [1.165, 1.54) is 35.1 Å². The first-order chi connectivity index (χ1) is 9.65. The van der Waals surface area contributed by atoms with Crippen LogP contribution in [-0.4, -0.2) is 16.0 Å². The Morgan fingerprint density at radius 2 is 1.90 bits per heavy atom. The highest BCUT2D eigenvalue weighted by molar-refractivity contribution is 5.65. The molecule has 0 atom stereocenters. The van der Waals surface area contributed by atoms with Crippen molar-refractivity contribution in [1.29, 1.82) is 0 Å². The van der Waals surface area contributed by atoms with Gasteiger partial charge < -0.3 is 5.32 Å². The van der Waals surface area contributed by atoms with Crippen molar-refractivity contribution in [2.45, 2.75) is 46.2 Å². The number of aryl methyl sites for hydroxylation is 1. The Labute approximate surface area is 120 Å². The molecule has 0 bridgehead atoms. The van der Waals surface area contributed by atoms with Gasteiger partial charge in [-0.05, 0) is 56.4 Å². The maximum absolute atomic E-state index is 4.70. The van der Waals surface area contributed by atoms with E-state index in [-0.39, 0.29) is 0 Å². The zero-order valence-electron chi connectivity index (χ0n) is 12.4. The summed E-state index contributed by atoms with van der Waals surface area (Å²) < 4.78 is 0. The molecule has 1 fully saturated rings. The van der Waals surface area contributed by atoms with Crippen LogP contribution in [0.3, 0.4) is 0 Å². The van der Waals surface area contributed by atoms with Crippen LogP contribution in [0.5, 0.6) is 0 Å². The van der Waals surface area contributed by atoms with Crippen molar-refractivity contribution in [1.82, 2.24) is 15.3 Å². The number of nitrogens with zero attached hydrogens (tertiary/aromatic N) is 2. The minimum atomic E-state index is 0.686. The Kier molecular flexibility index (Phi) is 3.53. The summed E-state index contributed by atoms with van der Waals surface area (Å²) in [5, 5.41) is 3.46. The third kappa shape index (κ3) is 2.73. The van der Waals surface area contributed by atoms with Crippen molar-refractivity contribution in [2.24, 2.45) is 0 Å². The molecule has 1 aliphatic rings. The van der Waals surface area contributed by atoms with Gasteiger partial charge in [0.15, 0.2) is 0 Å². The molecule has 1 N–H and O–H groups in total. The van der Waals surface area contributed by atoms with Gasteiger partial charge in [-0.3, -0.25) is 0 Å². The molecule has 0 unspecified atom stereocenters. The second kappa shape index (κ2) is 5.33. The Morgan fingerprint density at radius 3 is 2.65 bits per heavy atom. The predicted molar refractivity (Wildman–Crippen MR) is 81.5 cm³/mol. The summed E-state index contributed by atoms with van der Waals surface area (Å²) in [4.78, 5) is 9.06. The highest BCUT2D eigenvalue weighted by Gasteiger charge is 2.20. The van der Waals surface area contributed by atoms with E-state index in [2.05, 4.69) is 43.2 Å². The van der Waals surface area contributed by atoms with Gasteiger partial charge >= 0.3 is 0 Å². The van der Waals surface area contributed by atoms with Crippen LogP contribution < -0.4 is 5.32 Å². The first-order valence-corrected chi connectivity index (χ1v) is 7.27. The standard InChI is InChI=1S/C17H21N3/c1-11-4-7-15(13(3)12(11)2)16-8-9-18-17(20-16)10-19-14-5-6-14/h4,7-9,14,19H,5-6,10H2,1-3H3. The molecule has 0 amide bonds. The van der Waals surface area contributed by atoms with Crippen LogP contribution >= 0.6 is 0 Å². The van der Waals surface area contributed by atoms with E-state index < -0.39 is 0 Å². The third-order valence-electron chi connectivity index (χ3n) is 4.17. The predicted octanol–water partition coefficient (Wildman–Crippen LogP) is 3.32. The van der Waals surface area contributed by atoms with Crippen LogP contribution in [0.15, 0.2) is 24.4 Å². The summed E-state index contributed by atoms with van der Waals surface area (Å²) in [5.41, 5.74) is 6.22. The molecule has 20 heavy (non-hydrogen) atoms. The average Bonchev–Trinajstić information content (AvgIpc) is 3.27. The van der Waals surface area contributed by atoms with Crippen molar-refractivity contribution in [3.05, 3.63) is 46.9 Å². The largest absolute Gasteiger partial charge is 0.307 e. The number of benzene rings is 1. The molecule has 3 heteroatoms. The van der Waals surface area contributed by atoms with Crippen LogP contribution in [0.2, 0.25) is 0 Å². The maximum atomic E-state index is 4.70. The van der Waals surface area contributed by atoms with Gasteiger partial charge in [-0.25, -0.2) is 9.97 Å². The minimum absolute atomic E-state index is 0.686. The van der Waals surface area contributed by atoms with E-state index in [0.29, 0.717) is 6.04 Å². The molecule has 0 saturated heterocycles. The Morgan fingerprint density at radius 1 is 1.10 bits per heavy atom. The Balaban J connectivity index is 1.89. The molecule has 1 aromatic carbocycles. The molecule has 3 rings (SSSR count). The van der Waals surface area contributed by atoms with Gasteiger partial charge in [-0.15, -0.1) is 0 Å². The molecule has 1 saturated carbocycles. The highest BCUT2D eigenvalue weighted by atomic mass is 15.0. The fourth-order valence-electron chi connectivity index (χ4n) is 2.39. The molecular weight excluding hydrogens is 246 g/mol. The van der Waals surface area contributed by atoms with Gasteiger partial charge in [-0.1, -0.05) is 12.1 Å². The van der Waals surface area contributed by atoms with Crippen LogP contribution in [0.1, 0.15) is 35.4 Å². The second-order valence-corrected chi connectivity index (χ2v) is 5.69. The van der Waals surface area contributed by atoms with E-state index in [1.54, 1.807) is 0 Å². The molecule has 0 spiro atoms. The molecule has 104 valence electrons. The molecule has 1 aromatic heterocycles. The van der Waals surface area contributed by atoms with Gasteiger partial charge in [0.25, 0.3) is 0 Å². The second-order valence-electron chi connectivity index (χ2n) is 5.69. The fourth-order valence-corrected chi connectivity index (χ4v) is 2.39. The Bertz CT molecular complexity index is 630. The van der Waals surface area contributed by atoms with Crippen molar-refractivity contribution < 1.29 is 0 Å². The molecule has 0 aliphatic heterocycles. The Hall–Kier alpha value is -1.74. The lowest BCUT2D eigenvalue weighted by Crippen LogP contribution is -2.17. The highest BCUT2D eigenvalue weighted by Crippen LogP contribution is 2.26. The molecular formula is C17H21N3. The average molecular weight is 267 g/mol. The van der Waals surface area contributed by atoms with Crippen LogP contribution in [0.4, 0.5) is 0 Å². The zero-order chi connectivity index (χ0) is 14.1. The summed E-state index contributed by atoms with van der Waals surface area (Å²) in [6, 6.07) is 7.02. The molecule has 1 heterocycles. The van der Waals surface area contributed by atoms with Gasteiger partial charge in [0.05, 0.1) is 12.2 Å². The van der Waals surface area contributed by atoms with E-state index in [1.807, 2.05) is 12.3 Å². The monoisotopic (exact) mass is 267 g/mol. The smallest absolute Gasteiger partial charge is 0.142 e. The number of nitrogens with one attached hydrogen (secondary N) is 1. The summed E-state index contributed by atoms with van der Waals surface area (Å²) >= 11 is 0. The van der Waals surface area contributed by atoms with Crippen molar-refractivity contribution in [2.75, 3.05) is 0 Å². The number of hydrogen-bond donors (Lipinski definition) is 1. The first-order valence-electron chi connectivity index (χ1n) is 7.27. The third-order valence-corrected chi connectivity index (χ3v) is 4.17. The first kappa shape index (κ1) is 13.3. The lowest BCUT2D eigenvalue weighted by molar-refractivity contribution is 0.658. The van der Waals surface area contributed by atoms with E-state index >= 15 is 0 Å². The lowest BCUT2D eigenvalue weighted by atomic mass is 9.97. The summed E-state index contributed by atoms with van der Waals surface area (Å²) in [6.45, 7) is 7.26. The molecule has 1 aliphatic carbocycles. The lowest BCUT2D eigenvalue weighted by Gasteiger charge is -2.11. The normalized spacial score (nSPS) is 14.6. The quantitative estimate of drug-likeness (QED) is 0.923. The van der Waals surface area contributed by atoms with E-state index in [4.69, 9.17) is 4.98 Å². The van der Waals surface area contributed by atoms with Crippen molar-refractivity contribution in [3.63, 3.8) is 0 Å². The maximum Gasteiger partial charge on any atom is 0.142 e. The van der Waals surface area contributed by atoms with E-state index in [0.717, 1.165) is 18.1 Å². The van der Waals surface area contributed by atoms with Crippen LogP contribution in [0.25, 0.3) is 11.3 Å². The number of rotatable bonds is 4. The van der Waals surface area contributed by atoms with Gasteiger partial charge in [0.2, 0.25) is 0 Å². The molecule has 2 aromatic rings. The van der Waals surface area contributed by atoms with Crippen LogP contribution in [0, 0.1) is 20.8 Å². The summed E-state index contributed by atoms with van der Waals surface area (Å²) in [7, 11) is 0. The summed E-state index contributed by atoms with van der Waals surface area (Å²) in [6.07, 6.45) is 4.44. The van der Waals surface area contributed by atoms with Gasteiger partial charge in [0.1, 0.15) is 5.82 Å². The summed E-state index contributed by atoms with van der Waals surface area (Å²) in [5.74, 6) is 0.882. The number of aromatic nitrogens is 2. The van der Waals surface area contributed by atoms with Gasteiger partial charge in [0, 0.05) is 17.8 Å². The number of hydrogen-bond acceptors (Lipinski definition) is 3. The van der Waals surface area contributed by atoms with E-state index in [9.17, 15) is 0 Å². The zero-order valence-corrected chi connectivity index (χ0v) is 12.4. The van der Waals surface area contributed by atoms with Crippen molar-refractivity contribution >= 4 is 0 Å². The fraction of sp³-hybridized carbons (Fsp3) is 0.412. The molecule has 3 nitrogen and oxygen atoms in total. The molecule has 0 radical (unpaired) electrons. The van der Waals surface area contributed by atoms with Crippen LogP contribution in [-0.2, 0) is 6.54 Å². The van der Waals surface area contributed by atoms with Crippen molar-refractivity contribution in [3.8, 4) is 11.3 Å².